The molecule has 3 aromatic rings. The first kappa shape index (κ1) is 31.4. The largest absolute Gasteiger partial charge is 0.494 e. The number of carbonyl (C=O) groups excluding carboxylic acids is 1. The quantitative estimate of drug-likeness (QED) is 0.0672. The molecule has 1 atom stereocenters. The van der Waals surface area contributed by atoms with Crippen LogP contribution in [0.3, 0.4) is 0 Å². The van der Waals surface area contributed by atoms with Crippen LogP contribution >= 0.6 is 0 Å². The summed E-state index contributed by atoms with van der Waals surface area (Å²) < 4.78 is 5.89. The number of aromatic amines is 1. The van der Waals surface area contributed by atoms with Gasteiger partial charge in [-0.2, -0.15) is 0 Å². The molecular weight excluding hydrogens is 492 g/mol. The Bertz CT molecular complexity index is 1170. The van der Waals surface area contributed by atoms with E-state index in [9.17, 15) is 4.79 Å². The molecule has 1 aromatic carbocycles. The van der Waals surface area contributed by atoms with Gasteiger partial charge in [0.25, 0.3) is 0 Å². The minimum absolute atomic E-state index is 0.0250. The number of aldehydes is 1. The number of allylic oxidation sites excluding steroid dienone is 2. The molecule has 2 aromatic heterocycles. The molecule has 0 spiro atoms. The highest BCUT2D eigenvalue weighted by molar-refractivity contribution is 5.91. The SMILES string of the molecule is C=C/C=C(\C=C)[C@@H](C)Nc1ncnc2[nH]c(-c3ccc(OCCCNCCCCCC=O)cc3)cc12.CNO. The van der Waals surface area contributed by atoms with Crippen molar-refractivity contribution in [3.8, 4) is 17.0 Å². The van der Waals surface area contributed by atoms with Crippen LogP contribution in [0.5, 0.6) is 5.75 Å². The number of aromatic nitrogens is 3. The van der Waals surface area contributed by atoms with Crippen molar-refractivity contribution in [1.29, 1.82) is 0 Å². The molecule has 0 aliphatic carbocycles. The number of carbonyl (C=O) groups is 1. The first-order valence-corrected chi connectivity index (χ1v) is 13.3. The van der Waals surface area contributed by atoms with Gasteiger partial charge >= 0.3 is 0 Å². The number of unbranched alkanes of at least 4 members (excludes halogenated alkanes) is 3. The van der Waals surface area contributed by atoms with Crippen molar-refractivity contribution in [3.05, 3.63) is 73.6 Å². The number of hydrogen-bond donors (Lipinski definition) is 5. The normalized spacial score (nSPS) is 11.8. The third kappa shape index (κ3) is 10.8. The molecule has 0 radical (unpaired) electrons. The highest BCUT2D eigenvalue weighted by Crippen LogP contribution is 2.28. The number of nitrogens with zero attached hydrogens (tertiary/aromatic N) is 2. The summed E-state index contributed by atoms with van der Waals surface area (Å²) in [5, 5.41) is 15.1. The van der Waals surface area contributed by atoms with E-state index in [1.807, 2.05) is 36.4 Å². The van der Waals surface area contributed by atoms with Crippen LogP contribution < -0.4 is 20.9 Å². The van der Waals surface area contributed by atoms with Crippen molar-refractivity contribution in [3.63, 3.8) is 0 Å². The molecule has 0 bridgehead atoms. The lowest BCUT2D eigenvalue weighted by Gasteiger charge is -2.15. The molecule has 0 unspecified atom stereocenters. The molecule has 9 nitrogen and oxygen atoms in total. The highest BCUT2D eigenvalue weighted by Gasteiger charge is 2.13. The molecule has 39 heavy (non-hydrogen) atoms. The Morgan fingerprint density at radius 3 is 2.56 bits per heavy atom. The Morgan fingerprint density at radius 2 is 1.87 bits per heavy atom. The predicted octanol–water partition coefficient (Wildman–Crippen LogP) is 5.44. The third-order valence-electron chi connectivity index (χ3n) is 5.93. The first-order chi connectivity index (χ1) is 19.1. The number of hydroxylamine groups is 1. The van der Waals surface area contributed by atoms with Crippen LogP contribution in [0.25, 0.3) is 22.3 Å². The monoisotopic (exact) mass is 534 g/mol. The summed E-state index contributed by atoms with van der Waals surface area (Å²) >= 11 is 0. The van der Waals surface area contributed by atoms with Crippen molar-refractivity contribution in [2.75, 3.05) is 32.1 Å². The zero-order valence-electron chi connectivity index (χ0n) is 23.1. The molecule has 210 valence electrons. The fourth-order valence-corrected chi connectivity index (χ4v) is 3.92. The van der Waals surface area contributed by atoms with Gasteiger partial charge in [0.15, 0.2) is 0 Å². The number of hydrogen-bond acceptors (Lipinski definition) is 8. The molecule has 2 heterocycles. The van der Waals surface area contributed by atoms with E-state index in [2.05, 4.69) is 51.7 Å². The summed E-state index contributed by atoms with van der Waals surface area (Å²) in [6, 6.07) is 10.2. The van der Waals surface area contributed by atoms with Crippen LogP contribution in [-0.4, -0.2) is 59.2 Å². The Kier molecular flexibility index (Phi) is 14.9. The number of nitrogens with one attached hydrogen (secondary N) is 4. The Labute approximate surface area is 231 Å². The van der Waals surface area contributed by atoms with Gasteiger partial charge in [-0.15, -0.1) is 0 Å². The number of anilines is 1. The summed E-state index contributed by atoms with van der Waals surface area (Å²) in [7, 11) is 1.43. The molecular formula is C30H42N6O3. The minimum atomic E-state index is 0.0250. The van der Waals surface area contributed by atoms with Crippen LogP contribution in [0, 0.1) is 0 Å². The number of rotatable bonds is 17. The van der Waals surface area contributed by atoms with Crippen LogP contribution in [0.4, 0.5) is 5.82 Å². The van der Waals surface area contributed by atoms with E-state index in [1.165, 1.54) is 7.05 Å². The number of benzene rings is 1. The lowest BCUT2D eigenvalue weighted by atomic mass is 10.1. The van der Waals surface area contributed by atoms with Gasteiger partial charge in [0.1, 0.15) is 29.8 Å². The zero-order chi connectivity index (χ0) is 28.3. The second kappa shape index (κ2) is 18.5. The van der Waals surface area contributed by atoms with Crippen LogP contribution in [0.15, 0.2) is 73.6 Å². The number of fused-ring (bicyclic) bond motifs is 1. The molecule has 5 N–H and O–H groups in total. The standard InChI is InChI=1S/C29H37N5O2.CH5NO/c1-4-11-23(5-2)22(3)33-28-26-20-27(34-29(26)32-21-31-28)24-12-14-25(15-13-24)36-19-10-17-30-16-8-6-7-9-18-35;1-2-3/h4-5,11-15,18,20-22,30H,1-2,6-10,16-17,19H2,3H3,(H2,31,32,33,34);2-3H,1H3/b23-11+;/t22-;/m1./s1. The van der Waals surface area contributed by atoms with Gasteiger partial charge < -0.3 is 30.4 Å². The number of ether oxygens (including phenoxy) is 1. The maximum Gasteiger partial charge on any atom is 0.143 e. The summed E-state index contributed by atoms with van der Waals surface area (Å²) in [5.41, 5.74) is 5.58. The van der Waals surface area contributed by atoms with Crippen molar-refractivity contribution in [2.45, 2.75) is 45.1 Å². The van der Waals surface area contributed by atoms with Gasteiger partial charge in [-0.1, -0.05) is 37.8 Å². The third-order valence-corrected chi connectivity index (χ3v) is 5.93. The van der Waals surface area contributed by atoms with E-state index in [1.54, 1.807) is 17.9 Å². The first-order valence-electron chi connectivity index (χ1n) is 13.3. The summed E-state index contributed by atoms with van der Waals surface area (Å²) in [6.45, 7) is 12.3. The van der Waals surface area contributed by atoms with Crippen molar-refractivity contribution in [2.24, 2.45) is 0 Å². The van der Waals surface area contributed by atoms with Gasteiger partial charge in [0.2, 0.25) is 0 Å². The van der Waals surface area contributed by atoms with Gasteiger partial charge in [-0.05, 0) is 80.7 Å². The lowest BCUT2D eigenvalue weighted by molar-refractivity contribution is -0.107. The van der Waals surface area contributed by atoms with Gasteiger partial charge in [0, 0.05) is 25.2 Å². The maximum atomic E-state index is 10.3. The maximum absolute atomic E-state index is 10.3. The lowest BCUT2D eigenvalue weighted by Crippen LogP contribution is -2.18. The Hall–Kier alpha value is -3.79. The van der Waals surface area contributed by atoms with Gasteiger partial charge in [0.05, 0.1) is 12.0 Å². The smallest absolute Gasteiger partial charge is 0.143 e. The van der Waals surface area contributed by atoms with Gasteiger partial charge in [-0.25, -0.2) is 15.4 Å². The van der Waals surface area contributed by atoms with E-state index < -0.39 is 0 Å². The molecule has 3 rings (SSSR count). The molecule has 0 aliphatic rings. The summed E-state index contributed by atoms with van der Waals surface area (Å²) in [6.07, 6.45) is 12.9. The second-order valence-electron chi connectivity index (χ2n) is 8.86. The summed E-state index contributed by atoms with van der Waals surface area (Å²) in [5.74, 6) is 1.62. The van der Waals surface area contributed by atoms with E-state index in [0.717, 1.165) is 84.5 Å². The molecule has 0 saturated carbocycles. The van der Waals surface area contributed by atoms with Crippen LogP contribution in [0.1, 0.15) is 39.0 Å². The van der Waals surface area contributed by atoms with E-state index >= 15 is 0 Å². The van der Waals surface area contributed by atoms with Gasteiger partial charge in [-0.3, -0.25) is 0 Å². The molecule has 9 heteroatoms. The van der Waals surface area contributed by atoms with Crippen molar-refractivity contribution in [1.82, 2.24) is 25.7 Å². The zero-order valence-corrected chi connectivity index (χ0v) is 23.1. The minimum Gasteiger partial charge on any atom is -0.494 e. The predicted molar refractivity (Wildman–Crippen MR) is 159 cm³/mol. The Balaban J connectivity index is 0.00000170. The summed E-state index contributed by atoms with van der Waals surface area (Å²) in [4.78, 5) is 22.5. The molecule has 0 fully saturated rings. The fraction of sp³-hybridized carbons (Fsp3) is 0.367. The average Bonchev–Trinajstić information content (AvgIpc) is 3.39. The fourth-order valence-electron chi connectivity index (χ4n) is 3.92. The van der Waals surface area contributed by atoms with Crippen molar-refractivity contribution >= 4 is 23.1 Å². The molecule has 0 aliphatic heterocycles. The molecule has 0 saturated heterocycles. The van der Waals surface area contributed by atoms with E-state index in [4.69, 9.17) is 9.94 Å². The van der Waals surface area contributed by atoms with Crippen LogP contribution in [0.2, 0.25) is 0 Å². The topological polar surface area (TPSA) is 124 Å². The second-order valence-corrected chi connectivity index (χ2v) is 8.86. The molecule has 0 amide bonds. The Morgan fingerprint density at radius 1 is 1.13 bits per heavy atom. The van der Waals surface area contributed by atoms with Crippen LogP contribution in [-0.2, 0) is 4.79 Å². The van der Waals surface area contributed by atoms with E-state index in [-0.39, 0.29) is 6.04 Å². The average molecular weight is 535 g/mol. The number of H-pyrrole nitrogens is 1. The highest BCUT2D eigenvalue weighted by atomic mass is 16.5. The van der Waals surface area contributed by atoms with E-state index in [0.29, 0.717) is 13.0 Å². The van der Waals surface area contributed by atoms with Crippen molar-refractivity contribution < 1.29 is 14.7 Å².